The van der Waals surface area contributed by atoms with Crippen LogP contribution in [0.5, 0.6) is 0 Å². The zero-order valence-electron chi connectivity index (χ0n) is 17.4. The highest BCUT2D eigenvalue weighted by atomic mass is 32.2. The average Bonchev–Trinajstić information content (AvgIpc) is 3.44. The van der Waals surface area contributed by atoms with Gasteiger partial charge in [-0.15, -0.1) is 0 Å². The van der Waals surface area contributed by atoms with Crippen molar-refractivity contribution < 1.29 is 13.2 Å². The SMILES string of the molecule is CCCSCCCNC(=O)c1ccc(N2CCCC2)c(S(=O)(=O)N2CCCC2)c1. The molecule has 1 aromatic rings. The van der Waals surface area contributed by atoms with Crippen LogP contribution in [-0.4, -0.2) is 62.9 Å². The summed E-state index contributed by atoms with van der Waals surface area (Å²) in [6, 6.07) is 5.17. The summed E-state index contributed by atoms with van der Waals surface area (Å²) in [5.74, 6) is 1.97. The molecule has 1 N–H and O–H groups in total. The Morgan fingerprint density at radius 2 is 1.76 bits per heavy atom. The van der Waals surface area contributed by atoms with Crippen LogP contribution in [0.3, 0.4) is 0 Å². The van der Waals surface area contributed by atoms with Gasteiger partial charge in [-0.05, 0) is 68.2 Å². The van der Waals surface area contributed by atoms with Crippen molar-refractivity contribution in [2.45, 2.75) is 50.3 Å². The van der Waals surface area contributed by atoms with Gasteiger partial charge in [-0.1, -0.05) is 6.92 Å². The third kappa shape index (κ3) is 5.67. The Kier molecular flexibility index (Phi) is 8.26. The van der Waals surface area contributed by atoms with E-state index in [2.05, 4.69) is 17.1 Å². The molecule has 0 bridgehead atoms. The Hall–Kier alpha value is -1.25. The summed E-state index contributed by atoms with van der Waals surface area (Å²) in [6.45, 7) is 5.63. The lowest BCUT2D eigenvalue weighted by molar-refractivity contribution is 0.0953. The van der Waals surface area contributed by atoms with Crippen LogP contribution < -0.4 is 10.2 Å². The van der Waals surface area contributed by atoms with E-state index >= 15 is 0 Å². The van der Waals surface area contributed by atoms with Gasteiger partial charge in [0.1, 0.15) is 4.90 Å². The molecule has 2 fully saturated rings. The van der Waals surface area contributed by atoms with Gasteiger partial charge in [-0.2, -0.15) is 16.1 Å². The Bertz CT molecular complexity index is 786. The summed E-state index contributed by atoms with van der Waals surface area (Å²) in [4.78, 5) is 15.0. The van der Waals surface area contributed by atoms with Crippen molar-refractivity contribution in [2.75, 3.05) is 49.1 Å². The Morgan fingerprint density at radius 3 is 2.45 bits per heavy atom. The average molecular weight is 440 g/mol. The zero-order valence-corrected chi connectivity index (χ0v) is 19.0. The lowest BCUT2D eigenvalue weighted by Gasteiger charge is -2.24. The van der Waals surface area contributed by atoms with E-state index in [9.17, 15) is 13.2 Å². The summed E-state index contributed by atoms with van der Waals surface area (Å²) >= 11 is 1.90. The van der Waals surface area contributed by atoms with Gasteiger partial charge in [0.25, 0.3) is 5.91 Å². The molecule has 3 rings (SSSR count). The van der Waals surface area contributed by atoms with Gasteiger partial charge in [-0.3, -0.25) is 4.79 Å². The third-order valence-corrected chi connectivity index (χ3v) is 8.65. The number of rotatable bonds is 10. The molecule has 0 radical (unpaired) electrons. The monoisotopic (exact) mass is 439 g/mol. The number of carbonyl (C=O) groups excluding carboxylic acids is 1. The molecule has 2 saturated heterocycles. The third-order valence-electron chi connectivity index (χ3n) is 5.45. The maximum atomic E-state index is 13.3. The van der Waals surface area contributed by atoms with Crippen LogP contribution in [0.15, 0.2) is 23.1 Å². The lowest BCUT2D eigenvalue weighted by atomic mass is 10.2. The van der Waals surface area contributed by atoms with Crippen LogP contribution in [-0.2, 0) is 10.0 Å². The van der Waals surface area contributed by atoms with Gasteiger partial charge >= 0.3 is 0 Å². The molecule has 8 heteroatoms. The molecular weight excluding hydrogens is 406 g/mol. The molecule has 0 spiro atoms. The fraction of sp³-hybridized carbons (Fsp3) is 0.667. The molecule has 0 unspecified atom stereocenters. The van der Waals surface area contributed by atoms with Crippen LogP contribution in [0.4, 0.5) is 5.69 Å². The van der Waals surface area contributed by atoms with E-state index in [1.807, 2.05) is 17.8 Å². The number of thioether (sulfide) groups is 1. The molecule has 2 aliphatic heterocycles. The van der Waals surface area contributed by atoms with Crippen LogP contribution in [0.2, 0.25) is 0 Å². The van der Waals surface area contributed by atoms with Crippen LogP contribution in [0, 0.1) is 0 Å². The van der Waals surface area contributed by atoms with E-state index in [4.69, 9.17) is 0 Å². The standard InChI is InChI=1S/C21H33N3O3S2/c1-2-15-28-16-7-10-22-21(25)18-8-9-19(23-11-3-4-12-23)20(17-18)29(26,27)24-13-5-6-14-24/h8-9,17H,2-7,10-16H2,1H3,(H,22,25). The maximum Gasteiger partial charge on any atom is 0.251 e. The van der Waals surface area contributed by atoms with Gasteiger partial charge in [0.15, 0.2) is 0 Å². The van der Waals surface area contributed by atoms with Crippen LogP contribution in [0.25, 0.3) is 0 Å². The zero-order chi connectivity index (χ0) is 20.7. The summed E-state index contributed by atoms with van der Waals surface area (Å²) in [6.07, 6.45) is 6.02. The number of benzene rings is 1. The Labute approximate surface area is 179 Å². The van der Waals surface area contributed by atoms with E-state index in [1.54, 1.807) is 16.4 Å². The molecule has 1 amide bonds. The molecule has 2 aliphatic rings. The number of carbonyl (C=O) groups is 1. The number of hydrogen-bond acceptors (Lipinski definition) is 5. The summed E-state index contributed by atoms with van der Waals surface area (Å²) in [5.41, 5.74) is 1.16. The Morgan fingerprint density at radius 1 is 1.07 bits per heavy atom. The maximum absolute atomic E-state index is 13.3. The summed E-state index contributed by atoms with van der Waals surface area (Å²) in [5, 5.41) is 2.94. The van der Waals surface area contributed by atoms with Crippen LogP contribution >= 0.6 is 11.8 Å². The van der Waals surface area contributed by atoms with Gasteiger partial charge in [0, 0.05) is 38.3 Å². The second kappa shape index (κ2) is 10.7. The van der Waals surface area contributed by atoms with Gasteiger partial charge < -0.3 is 10.2 Å². The molecule has 0 aromatic heterocycles. The predicted octanol–water partition coefficient (Wildman–Crippen LogP) is 3.33. The number of nitrogens with zero attached hydrogens (tertiary/aromatic N) is 2. The van der Waals surface area contributed by atoms with Gasteiger partial charge in [0.2, 0.25) is 10.0 Å². The van der Waals surface area contributed by atoms with E-state index in [0.29, 0.717) is 25.2 Å². The van der Waals surface area contributed by atoms with Crippen molar-refractivity contribution in [3.05, 3.63) is 23.8 Å². The highest BCUT2D eigenvalue weighted by Crippen LogP contribution is 2.32. The van der Waals surface area contributed by atoms with Crippen molar-refractivity contribution in [2.24, 2.45) is 0 Å². The predicted molar refractivity (Wildman–Crippen MR) is 120 cm³/mol. The minimum absolute atomic E-state index is 0.198. The first kappa shape index (κ1) is 22.4. The number of nitrogens with one attached hydrogen (secondary N) is 1. The molecule has 1 aromatic carbocycles. The van der Waals surface area contributed by atoms with E-state index in [0.717, 1.165) is 68.8 Å². The van der Waals surface area contributed by atoms with Gasteiger partial charge in [-0.25, -0.2) is 8.42 Å². The second-order valence-corrected chi connectivity index (χ2v) is 10.8. The topological polar surface area (TPSA) is 69.7 Å². The van der Waals surface area contributed by atoms with E-state index in [1.165, 1.54) is 0 Å². The number of hydrogen-bond donors (Lipinski definition) is 1. The van der Waals surface area contributed by atoms with Crippen molar-refractivity contribution in [1.29, 1.82) is 0 Å². The second-order valence-electron chi connectivity index (χ2n) is 7.71. The normalized spacial score (nSPS) is 17.8. The summed E-state index contributed by atoms with van der Waals surface area (Å²) < 4.78 is 28.2. The molecule has 162 valence electrons. The first-order valence-electron chi connectivity index (χ1n) is 10.8. The fourth-order valence-electron chi connectivity index (χ4n) is 3.87. The molecule has 0 saturated carbocycles. The van der Waals surface area contributed by atoms with Crippen molar-refractivity contribution in [3.63, 3.8) is 0 Å². The first-order valence-corrected chi connectivity index (χ1v) is 13.4. The minimum atomic E-state index is -3.59. The quantitative estimate of drug-likeness (QED) is 0.566. The highest BCUT2D eigenvalue weighted by molar-refractivity contribution is 7.99. The number of anilines is 1. The first-order chi connectivity index (χ1) is 14.0. The van der Waals surface area contributed by atoms with E-state index < -0.39 is 10.0 Å². The van der Waals surface area contributed by atoms with Crippen molar-refractivity contribution in [1.82, 2.24) is 9.62 Å². The molecule has 0 aliphatic carbocycles. The summed E-state index contributed by atoms with van der Waals surface area (Å²) in [7, 11) is -3.59. The van der Waals surface area contributed by atoms with Crippen molar-refractivity contribution >= 4 is 33.4 Å². The minimum Gasteiger partial charge on any atom is -0.370 e. The highest BCUT2D eigenvalue weighted by Gasteiger charge is 2.32. The lowest BCUT2D eigenvalue weighted by Crippen LogP contribution is -2.31. The van der Waals surface area contributed by atoms with E-state index in [-0.39, 0.29) is 10.8 Å². The number of sulfonamides is 1. The smallest absolute Gasteiger partial charge is 0.251 e. The van der Waals surface area contributed by atoms with Crippen molar-refractivity contribution in [3.8, 4) is 0 Å². The largest absolute Gasteiger partial charge is 0.370 e. The number of amides is 1. The Balaban J connectivity index is 1.76. The van der Waals surface area contributed by atoms with Gasteiger partial charge in [0.05, 0.1) is 5.69 Å². The molecule has 6 nitrogen and oxygen atoms in total. The molecule has 0 atom stereocenters. The fourth-order valence-corrected chi connectivity index (χ4v) is 6.47. The van der Waals surface area contributed by atoms with Crippen LogP contribution in [0.1, 0.15) is 55.8 Å². The molecule has 29 heavy (non-hydrogen) atoms. The molecular formula is C21H33N3O3S2. The molecule has 2 heterocycles.